The molecule has 1 aliphatic rings. The van der Waals surface area contributed by atoms with Crippen LogP contribution in [0.25, 0.3) is 0 Å². The van der Waals surface area contributed by atoms with Gasteiger partial charge in [0, 0.05) is 5.69 Å². The maximum absolute atomic E-state index is 11.7. The monoisotopic (exact) mass is 266 g/mol. The first kappa shape index (κ1) is 12.1. The second-order valence-electron chi connectivity index (χ2n) is 3.45. The van der Waals surface area contributed by atoms with Crippen LogP contribution in [0.2, 0.25) is 0 Å². The molecule has 2 amide bonds. The molecule has 17 heavy (non-hydrogen) atoms. The van der Waals surface area contributed by atoms with Gasteiger partial charge in [-0.25, -0.2) is 0 Å². The third-order valence-corrected chi connectivity index (χ3v) is 3.63. The van der Waals surface area contributed by atoms with Gasteiger partial charge in [0.1, 0.15) is 10.9 Å². The largest absolute Gasteiger partial charge is 0.325 e. The highest BCUT2D eigenvalue weighted by molar-refractivity contribution is 8.23. The zero-order chi connectivity index (χ0) is 12.3. The Morgan fingerprint density at radius 1 is 1.41 bits per heavy atom. The number of hydrogen-bond acceptors (Lipinski definition) is 4. The first-order chi connectivity index (χ1) is 8.16. The highest BCUT2D eigenvalue weighted by atomic mass is 32.2. The summed E-state index contributed by atoms with van der Waals surface area (Å²) in [7, 11) is 0. The van der Waals surface area contributed by atoms with Gasteiger partial charge in [-0.2, -0.15) is 0 Å². The Bertz CT molecular complexity index is 446. The lowest BCUT2D eigenvalue weighted by molar-refractivity contribution is -0.127. The average molecular weight is 266 g/mol. The van der Waals surface area contributed by atoms with E-state index >= 15 is 0 Å². The molecule has 0 aliphatic carbocycles. The van der Waals surface area contributed by atoms with E-state index in [1.54, 1.807) is 12.1 Å². The van der Waals surface area contributed by atoms with Crippen molar-refractivity contribution < 1.29 is 9.59 Å². The number of rotatable bonds is 3. The van der Waals surface area contributed by atoms with E-state index < -0.39 is 0 Å². The number of benzene rings is 1. The zero-order valence-electron chi connectivity index (χ0n) is 8.88. The van der Waals surface area contributed by atoms with Crippen LogP contribution in [0, 0.1) is 0 Å². The topological polar surface area (TPSA) is 49.4 Å². The van der Waals surface area contributed by atoms with E-state index in [2.05, 4.69) is 5.32 Å². The molecule has 0 aromatic heterocycles. The summed E-state index contributed by atoms with van der Waals surface area (Å²) in [5.41, 5.74) is 0.711. The molecule has 0 spiro atoms. The SMILES string of the molecule is O=C(CN1C(=O)CSC1=S)Nc1ccccc1. The van der Waals surface area contributed by atoms with E-state index in [1.165, 1.54) is 16.7 Å². The van der Waals surface area contributed by atoms with Crippen molar-refractivity contribution in [3.8, 4) is 0 Å². The molecule has 1 fully saturated rings. The lowest BCUT2D eigenvalue weighted by atomic mass is 10.3. The fraction of sp³-hybridized carbons (Fsp3) is 0.182. The van der Waals surface area contributed by atoms with Gasteiger partial charge in [-0.3, -0.25) is 14.5 Å². The molecule has 1 N–H and O–H groups in total. The Kier molecular flexibility index (Phi) is 3.75. The van der Waals surface area contributed by atoms with E-state index in [9.17, 15) is 9.59 Å². The fourth-order valence-electron chi connectivity index (χ4n) is 1.40. The summed E-state index contributed by atoms with van der Waals surface area (Å²) < 4.78 is 0.471. The number of nitrogens with one attached hydrogen (secondary N) is 1. The highest BCUT2D eigenvalue weighted by Crippen LogP contribution is 2.18. The first-order valence-corrected chi connectivity index (χ1v) is 6.38. The predicted octanol–water partition coefficient (Wildman–Crippen LogP) is 1.49. The molecule has 6 heteroatoms. The Labute approximate surface area is 108 Å². The molecule has 1 heterocycles. The number of carbonyl (C=O) groups is 2. The summed E-state index contributed by atoms with van der Waals surface area (Å²) in [5.74, 6) is -0.0186. The molecular formula is C11H10N2O2S2. The van der Waals surface area contributed by atoms with Gasteiger partial charge in [-0.15, -0.1) is 0 Å². The number of hydrogen-bond donors (Lipinski definition) is 1. The van der Waals surface area contributed by atoms with E-state index in [4.69, 9.17) is 12.2 Å². The van der Waals surface area contributed by atoms with Crippen molar-refractivity contribution >= 4 is 45.8 Å². The number of nitrogens with zero attached hydrogens (tertiary/aromatic N) is 1. The molecule has 0 saturated carbocycles. The summed E-state index contributed by atoms with van der Waals surface area (Å²) in [6, 6.07) is 9.10. The molecule has 2 rings (SSSR count). The smallest absolute Gasteiger partial charge is 0.244 e. The second kappa shape index (κ2) is 5.29. The van der Waals surface area contributed by atoms with Gasteiger partial charge in [0.15, 0.2) is 0 Å². The Hall–Kier alpha value is -1.40. The zero-order valence-corrected chi connectivity index (χ0v) is 10.5. The number of amides is 2. The van der Waals surface area contributed by atoms with Crippen molar-refractivity contribution in [2.24, 2.45) is 0 Å². The van der Waals surface area contributed by atoms with Crippen LogP contribution >= 0.6 is 24.0 Å². The summed E-state index contributed by atoms with van der Waals surface area (Å²) in [4.78, 5) is 24.4. The van der Waals surface area contributed by atoms with Crippen LogP contribution in [0.15, 0.2) is 30.3 Å². The minimum atomic E-state index is -0.241. The molecule has 4 nitrogen and oxygen atoms in total. The van der Waals surface area contributed by atoms with Crippen molar-refractivity contribution in [1.29, 1.82) is 0 Å². The number of thiocarbonyl (C=S) groups is 1. The summed E-state index contributed by atoms with van der Waals surface area (Å²) >= 11 is 6.28. The van der Waals surface area contributed by atoms with Gasteiger partial charge in [-0.05, 0) is 12.1 Å². The Morgan fingerprint density at radius 3 is 2.71 bits per heavy atom. The van der Waals surface area contributed by atoms with Crippen molar-refractivity contribution in [2.45, 2.75) is 0 Å². The van der Waals surface area contributed by atoms with Crippen molar-refractivity contribution in [2.75, 3.05) is 17.6 Å². The van der Waals surface area contributed by atoms with Crippen LogP contribution in [0.5, 0.6) is 0 Å². The van der Waals surface area contributed by atoms with Gasteiger partial charge in [0.25, 0.3) is 0 Å². The van der Waals surface area contributed by atoms with E-state index in [-0.39, 0.29) is 18.4 Å². The quantitative estimate of drug-likeness (QED) is 0.842. The van der Waals surface area contributed by atoms with Crippen LogP contribution in [-0.2, 0) is 9.59 Å². The molecule has 1 aliphatic heterocycles. The van der Waals surface area contributed by atoms with Crippen LogP contribution in [0.3, 0.4) is 0 Å². The lowest BCUT2D eigenvalue weighted by Gasteiger charge is -2.14. The average Bonchev–Trinajstić information content (AvgIpc) is 2.62. The maximum atomic E-state index is 11.7. The van der Waals surface area contributed by atoms with Crippen LogP contribution in [0.1, 0.15) is 0 Å². The van der Waals surface area contributed by atoms with Gasteiger partial charge >= 0.3 is 0 Å². The van der Waals surface area contributed by atoms with Crippen molar-refractivity contribution in [3.05, 3.63) is 30.3 Å². The number of carbonyl (C=O) groups excluding carboxylic acids is 2. The standard InChI is InChI=1S/C11H10N2O2S2/c14-9(12-8-4-2-1-3-5-8)6-13-10(15)7-17-11(13)16/h1-5H,6-7H2,(H,12,14). The Balaban J connectivity index is 1.94. The summed E-state index contributed by atoms with van der Waals surface area (Å²) in [5, 5.41) is 2.71. The molecule has 1 saturated heterocycles. The predicted molar refractivity (Wildman–Crippen MR) is 71.8 cm³/mol. The van der Waals surface area contributed by atoms with Crippen LogP contribution in [-0.4, -0.2) is 33.3 Å². The maximum Gasteiger partial charge on any atom is 0.244 e. The van der Waals surface area contributed by atoms with Gasteiger partial charge in [-0.1, -0.05) is 42.2 Å². The van der Waals surface area contributed by atoms with Crippen LogP contribution in [0.4, 0.5) is 5.69 Å². The molecular weight excluding hydrogens is 256 g/mol. The first-order valence-electron chi connectivity index (χ1n) is 4.99. The lowest BCUT2D eigenvalue weighted by Crippen LogP contribution is -2.36. The van der Waals surface area contributed by atoms with E-state index in [0.717, 1.165) is 0 Å². The fourth-order valence-corrected chi connectivity index (χ4v) is 2.47. The molecule has 88 valence electrons. The van der Waals surface area contributed by atoms with Gasteiger partial charge in [0.2, 0.25) is 11.8 Å². The molecule has 1 aromatic rings. The number of para-hydroxylation sites is 1. The minimum absolute atomic E-state index is 0.0143. The molecule has 0 atom stereocenters. The van der Waals surface area contributed by atoms with E-state index in [1.807, 2.05) is 18.2 Å². The highest BCUT2D eigenvalue weighted by Gasteiger charge is 2.28. The number of thioether (sulfide) groups is 1. The third kappa shape index (κ3) is 3.04. The van der Waals surface area contributed by atoms with Gasteiger partial charge < -0.3 is 5.32 Å². The molecule has 1 aromatic carbocycles. The van der Waals surface area contributed by atoms with Crippen molar-refractivity contribution in [1.82, 2.24) is 4.90 Å². The molecule has 0 radical (unpaired) electrons. The minimum Gasteiger partial charge on any atom is -0.325 e. The third-order valence-electron chi connectivity index (χ3n) is 2.20. The number of anilines is 1. The normalized spacial score (nSPS) is 15.2. The van der Waals surface area contributed by atoms with E-state index in [0.29, 0.717) is 15.8 Å². The second-order valence-corrected chi connectivity index (χ2v) is 5.06. The summed E-state index contributed by atoms with van der Waals surface area (Å²) in [6.07, 6.45) is 0. The Morgan fingerprint density at radius 2 is 2.12 bits per heavy atom. The summed E-state index contributed by atoms with van der Waals surface area (Å²) in [6.45, 7) is -0.0143. The van der Waals surface area contributed by atoms with Crippen molar-refractivity contribution in [3.63, 3.8) is 0 Å². The molecule has 0 bridgehead atoms. The van der Waals surface area contributed by atoms with Gasteiger partial charge in [0.05, 0.1) is 5.75 Å². The van der Waals surface area contributed by atoms with Crippen LogP contribution < -0.4 is 5.32 Å². The molecule has 0 unspecified atom stereocenters.